The van der Waals surface area contributed by atoms with E-state index in [2.05, 4.69) is 0 Å². The molecule has 1 atom stereocenters. The first-order valence-electron chi connectivity index (χ1n) is 11.5. The molecule has 5 rings (SSSR count). The third-order valence-corrected chi connectivity index (χ3v) is 6.37. The summed E-state index contributed by atoms with van der Waals surface area (Å²) < 4.78 is 11.4. The number of nitrogens with zero attached hydrogens (tertiary/aromatic N) is 3. The summed E-state index contributed by atoms with van der Waals surface area (Å²) in [6.07, 6.45) is 1.69. The molecule has 2 fully saturated rings. The highest BCUT2D eigenvalue weighted by molar-refractivity contribution is 6.08. The second-order valence-electron chi connectivity index (χ2n) is 8.48. The Morgan fingerprint density at radius 2 is 1.67 bits per heavy atom. The fourth-order valence-corrected chi connectivity index (χ4v) is 4.56. The Bertz CT molecular complexity index is 1050. The standard InChI is InChI=1S/C25H27N3O5/c29-23-7-3-4-12-27(23)19-10-8-18(9-11-19)24(30)28-17-22(25(31)26-13-15-32-16-14-26)33-21-6-2-1-5-20(21)28/h1-2,5-6,8-11,22H,3-4,7,12-17H2. The van der Waals surface area contributed by atoms with Crippen LogP contribution in [0.2, 0.25) is 0 Å². The fraction of sp³-hybridized carbons (Fsp3) is 0.400. The van der Waals surface area contributed by atoms with Gasteiger partial charge in [-0.25, -0.2) is 0 Å². The number of hydrogen-bond acceptors (Lipinski definition) is 5. The zero-order valence-corrected chi connectivity index (χ0v) is 18.4. The van der Waals surface area contributed by atoms with Crippen molar-refractivity contribution in [1.29, 1.82) is 0 Å². The second-order valence-corrected chi connectivity index (χ2v) is 8.48. The molecule has 2 aromatic rings. The zero-order chi connectivity index (χ0) is 22.8. The van der Waals surface area contributed by atoms with Crippen molar-refractivity contribution in [3.63, 3.8) is 0 Å². The highest BCUT2D eigenvalue weighted by Crippen LogP contribution is 2.35. The molecule has 1 unspecified atom stereocenters. The van der Waals surface area contributed by atoms with Crippen LogP contribution in [-0.4, -0.2) is 68.1 Å². The number of amides is 3. The van der Waals surface area contributed by atoms with E-state index in [4.69, 9.17) is 9.47 Å². The quantitative estimate of drug-likeness (QED) is 0.719. The Hall–Kier alpha value is -3.39. The first kappa shape index (κ1) is 21.5. The van der Waals surface area contributed by atoms with Gasteiger partial charge in [0.25, 0.3) is 11.8 Å². The van der Waals surface area contributed by atoms with Gasteiger partial charge in [0.1, 0.15) is 5.75 Å². The van der Waals surface area contributed by atoms with Crippen molar-refractivity contribution in [3.8, 4) is 5.75 Å². The maximum atomic E-state index is 13.5. The van der Waals surface area contributed by atoms with Crippen molar-refractivity contribution in [2.75, 3.05) is 49.2 Å². The van der Waals surface area contributed by atoms with E-state index in [1.165, 1.54) is 0 Å². The molecule has 0 saturated carbocycles. The largest absolute Gasteiger partial charge is 0.476 e. The summed E-state index contributed by atoms with van der Waals surface area (Å²) in [6.45, 7) is 2.88. The highest BCUT2D eigenvalue weighted by atomic mass is 16.5. The van der Waals surface area contributed by atoms with E-state index < -0.39 is 6.10 Å². The minimum Gasteiger partial charge on any atom is -0.476 e. The average Bonchev–Trinajstić information content (AvgIpc) is 2.88. The van der Waals surface area contributed by atoms with Crippen molar-refractivity contribution in [1.82, 2.24) is 4.90 Å². The summed E-state index contributed by atoms with van der Waals surface area (Å²) in [5, 5.41) is 0. The monoisotopic (exact) mass is 449 g/mol. The lowest BCUT2D eigenvalue weighted by Gasteiger charge is -2.37. The molecule has 0 aromatic heterocycles. The van der Waals surface area contributed by atoms with E-state index in [0.29, 0.717) is 56.3 Å². The van der Waals surface area contributed by atoms with Gasteiger partial charge in [0.15, 0.2) is 6.10 Å². The van der Waals surface area contributed by atoms with Gasteiger partial charge in [0.2, 0.25) is 5.91 Å². The van der Waals surface area contributed by atoms with Gasteiger partial charge in [0, 0.05) is 37.3 Å². The van der Waals surface area contributed by atoms with Gasteiger partial charge in [-0.2, -0.15) is 0 Å². The number of fused-ring (bicyclic) bond motifs is 1. The first-order valence-corrected chi connectivity index (χ1v) is 11.5. The van der Waals surface area contributed by atoms with Gasteiger partial charge in [-0.3, -0.25) is 14.4 Å². The van der Waals surface area contributed by atoms with Gasteiger partial charge >= 0.3 is 0 Å². The number of carbonyl (C=O) groups is 3. The van der Waals surface area contributed by atoms with Crippen LogP contribution in [0.15, 0.2) is 48.5 Å². The molecule has 8 nitrogen and oxygen atoms in total. The van der Waals surface area contributed by atoms with Crippen LogP contribution in [0.1, 0.15) is 29.6 Å². The number of rotatable bonds is 3. The molecular formula is C25H27N3O5. The van der Waals surface area contributed by atoms with E-state index in [0.717, 1.165) is 18.5 Å². The predicted molar refractivity (Wildman–Crippen MR) is 123 cm³/mol. The molecule has 3 heterocycles. The van der Waals surface area contributed by atoms with Crippen LogP contribution in [0, 0.1) is 0 Å². The molecule has 8 heteroatoms. The Morgan fingerprint density at radius 3 is 2.42 bits per heavy atom. The van der Waals surface area contributed by atoms with Crippen LogP contribution >= 0.6 is 0 Å². The second kappa shape index (κ2) is 9.23. The van der Waals surface area contributed by atoms with Crippen LogP contribution in [-0.2, 0) is 14.3 Å². The number of carbonyl (C=O) groups excluding carboxylic acids is 3. The van der Waals surface area contributed by atoms with Crippen LogP contribution in [0.4, 0.5) is 11.4 Å². The van der Waals surface area contributed by atoms with E-state index in [1.807, 2.05) is 30.3 Å². The van der Waals surface area contributed by atoms with Crippen molar-refractivity contribution < 1.29 is 23.9 Å². The number of para-hydroxylation sites is 2. The molecule has 0 radical (unpaired) electrons. The fourth-order valence-electron chi connectivity index (χ4n) is 4.56. The third-order valence-electron chi connectivity index (χ3n) is 6.37. The third kappa shape index (κ3) is 4.30. The predicted octanol–water partition coefficient (Wildman–Crippen LogP) is 2.47. The molecular weight excluding hydrogens is 422 g/mol. The molecule has 0 N–H and O–H groups in total. The lowest BCUT2D eigenvalue weighted by molar-refractivity contribution is -0.142. The van der Waals surface area contributed by atoms with E-state index in [1.54, 1.807) is 32.9 Å². The molecule has 3 aliphatic heterocycles. The topological polar surface area (TPSA) is 79.4 Å². The summed E-state index contributed by atoms with van der Waals surface area (Å²) in [6, 6.07) is 14.4. The zero-order valence-electron chi connectivity index (χ0n) is 18.4. The molecule has 3 amide bonds. The van der Waals surface area contributed by atoms with Crippen LogP contribution < -0.4 is 14.5 Å². The summed E-state index contributed by atoms with van der Waals surface area (Å²) in [5.74, 6) is 0.290. The average molecular weight is 450 g/mol. The van der Waals surface area contributed by atoms with Crippen molar-refractivity contribution in [3.05, 3.63) is 54.1 Å². The minimum absolute atomic E-state index is 0.118. The normalized spacial score (nSPS) is 20.8. The van der Waals surface area contributed by atoms with Gasteiger partial charge in [0.05, 0.1) is 25.4 Å². The molecule has 0 bridgehead atoms. The van der Waals surface area contributed by atoms with E-state index in [9.17, 15) is 14.4 Å². The molecule has 2 aromatic carbocycles. The number of ether oxygens (including phenoxy) is 2. The Balaban J connectivity index is 1.38. The first-order chi connectivity index (χ1) is 16.1. The van der Waals surface area contributed by atoms with Crippen molar-refractivity contribution in [2.24, 2.45) is 0 Å². The Morgan fingerprint density at radius 1 is 0.909 bits per heavy atom. The Labute approximate surface area is 192 Å². The minimum atomic E-state index is -0.771. The number of hydrogen-bond donors (Lipinski definition) is 0. The van der Waals surface area contributed by atoms with Gasteiger partial charge < -0.3 is 24.2 Å². The number of benzene rings is 2. The number of piperidine rings is 1. The van der Waals surface area contributed by atoms with Crippen molar-refractivity contribution >= 4 is 29.1 Å². The van der Waals surface area contributed by atoms with E-state index >= 15 is 0 Å². The lowest BCUT2D eigenvalue weighted by Crippen LogP contribution is -2.54. The summed E-state index contributed by atoms with van der Waals surface area (Å²) in [7, 11) is 0. The summed E-state index contributed by atoms with van der Waals surface area (Å²) >= 11 is 0. The van der Waals surface area contributed by atoms with Gasteiger partial charge in [-0.1, -0.05) is 12.1 Å². The van der Waals surface area contributed by atoms with E-state index in [-0.39, 0.29) is 24.3 Å². The lowest BCUT2D eigenvalue weighted by atomic mass is 10.1. The molecule has 2 saturated heterocycles. The molecule has 3 aliphatic rings. The molecule has 172 valence electrons. The van der Waals surface area contributed by atoms with Crippen LogP contribution in [0.25, 0.3) is 0 Å². The maximum Gasteiger partial charge on any atom is 0.265 e. The maximum absolute atomic E-state index is 13.5. The van der Waals surface area contributed by atoms with Crippen molar-refractivity contribution in [2.45, 2.75) is 25.4 Å². The molecule has 33 heavy (non-hydrogen) atoms. The number of morpholine rings is 1. The number of anilines is 2. The van der Waals surface area contributed by atoms with Crippen LogP contribution in [0.5, 0.6) is 5.75 Å². The smallest absolute Gasteiger partial charge is 0.265 e. The van der Waals surface area contributed by atoms with Crippen LogP contribution in [0.3, 0.4) is 0 Å². The summed E-state index contributed by atoms with van der Waals surface area (Å²) in [5.41, 5.74) is 1.94. The highest BCUT2D eigenvalue weighted by Gasteiger charge is 2.36. The Kier molecular flexibility index (Phi) is 6.00. The SMILES string of the molecule is O=C(C1CN(C(=O)c2ccc(N3CCCCC3=O)cc2)c2ccccc2O1)N1CCOCC1. The molecule has 0 spiro atoms. The van der Waals surface area contributed by atoms with Gasteiger partial charge in [-0.05, 0) is 49.2 Å². The summed E-state index contributed by atoms with van der Waals surface area (Å²) in [4.78, 5) is 43.9. The van der Waals surface area contributed by atoms with Gasteiger partial charge in [-0.15, -0.1) is 0 Å². The molecule has 0 aliphatic carbocycles.